The van der Waals surface area contributed by atoms with E-state index in [4.69, 9.17) is 0 Å². The summed E-state index contributed by atoms with van der Waals surface area (Å²) in [4.78, 5) is 24.7. The molecule has 0 aromatic heterocycles. The Morgan fingerprint density at radius 2 is 2.31 bits per heavy atom. The Hall–Kier alpha value is -1.10. The molecule has 2 fully saturated rings. The molecule has 0 aromatic rings. The van der Waals surface area contributed by atoms with Crippen molar-refractivity contribution in [2.75, 3.05) is 20.1 Å². The maximum Gasteiger partial charge on any atom is 0.244 e. The fourth-order valence-corrected chi connectivity index (χ4v) is 2.40. The summed E-state index contributed by atoms with van der Waals surface area (Å²) < 4.78 is 0. The largest absolute Gasteiger partial charge is 0.344 e. The zero-order valence-electron chi connectivity index (χ0n) is 9.66. The normalized spacial score (nSPS) is 29.2. The minimum atomic E-state index is -0.293. The van der Waals surface area contributed by atoms with E-state index in [0.29, 0.717) is 18.9 Å². The predicted octanol–water partition coefficient (Wildman–Crippen LogP) is -0.525. The quantitative estimate of drug-likeness (QED) is 0.679. The summed E-state index contributed by atoms with van der Waals surface area (Å²) in [6, 6.07) is 0.130. The third-order valence-corrected chi connectivity index (χ3v) is 3.33. The summed E-state index contributed by atoms with van der Waals surface area (Å²) in [7, 11) is 1.81. The van der Waals surface area contributed by atoms with Crippen LogP contribution in [0.15, 0.2) is 0 Å². The van der Waals surface area contributed by atoms with Crippen LogP contribution in [0.5, 0.6) is 0 Å². The van der Waals surface area contributed by atoms with Gasteiger partial charge in [-0.1, -0.05) is 0 Å². The summed E-state index contributed by atoms with van der Waals surface area (Å²) in [5.74, 6) is 0.0327. The molecule has 2 rings (SSSR count). The van der Waals surface area contributed by atoms with E-state index in [-0.39, 0.29) is 17.9 Å². The first-order valence-electron chi connectivity index (χ1n) is 5.94. The highest BCUT2D eigenvalue weighted by molar-refractivity contribution is 5.90. The fraction of sp³-hybridized carbons (Fsp3) is 0.818. The second-order valence-electron chi connectivity index (χ2n) is 4.67. The zero-order valence-corrected chi connectivity index (χ0v) is 9.66. The summed E-state index contributed by atoms with van der Waals surface area (Å²) in [6.45, 7) is 1.79. The van der Waals surface area contributed by atoms with Crippen molar-refractivity contribution in [2.24, 2.45) is 0 Å². The molecule has 2 unspecified atom stereocenters. The van der Waals surface area contributed by atoms with E-state index in [2.05, 4.69) is 10.6 Å². The van der Waals surface area contributed by atoms with Gasteiger partial charge in [0.2, 0.25) is 11.8 Å². The molecule has 0 bridgehead atoms. The molecule has 90 valence electrons. The average molecular weight is 225 g/mol. The monoisotopic (exact) mass is 225 g/mol. The molecule has 0 spiro atoms. The number of nitrogens with one attached hydrogen (secondary N) is 2. The number of likely N-dealkylation sites (N-methyl/N-ethyl adjacent to an activating group) is 1. The van der Waals surface area contributed by atoms with Gasteiger partial charge in [0.1, 0.15) is 6.04 Å². The molecule has 2 aliphatic heterocycles. The Labute approximate surface area is 95.6 Å². The Morgan fingerprint density at radius 1 is 1.50 bits per heavy atom. The molecule has 0 aliphatic carbocycles. The molecular formula is C11H19N3O2. The Balaban J connectivity index is 1.81. The average Bonchev–Trinajstić information content (AvgIpc) is 2.88. The second-order valence-corrected chi connectivity index (χ2v) is 4.67. The van der Waals surface area contributed by atoms with Crippen molar-refractivity contribution < 1.29 is 9.59 Å². The molecule has 2 aliphatic rings. The van der Waals surface area contributed by atoms with Crippen LogP contribution >= 0.6 is 0 Å². The molecule has 0 radical (unpaired) electrons. The van der Waals surface area contributed by atoms with Crippen molar-refractivity contribution in [3.05, 3.63) is 0 Å². The lowest BCUT2D eigenvalue weighted by Crippen LogP contribution is -2.46. The van der Waals surface area contributed by atoms with Crippen LogP contribution in [0.3, 0.4) is 0 Å². The highest BCUT2D eigenvalue weighted by atomic mass is 16.2. The fourth-order valence-electron chi connectivity index (χ4n) is 2.40. The van der Waals surface area contributed by atoms with Crippen LogP contribution in [0, 0.1) is 0 Å². The lowest BCUT2D eigenvalue weighted by atomic mass is 10.1. The molecule has 5 nitrogen and oxygen atoms in total. The van der Waals surface area contributed by atoms with Gasteiger partial charge in [0.25, 0.3) is 0 Å². The first-order valence-corrected chi connectivity index (χ1v) is 5.94. The smallest absolute Gasteiger partial charge is 0.244 e. The van der Waals surface area contributed by atoms with Crippen molar-refractivity contribution in [1.82, 2.24) is 15.5 Å². The van der Waals surface area contributed by atoms with Gasteiger partial charge in [-0.25, -0.2) is 0 Å². The number of hydrogen-bond acceptors (Lipinski definition) is 3. The Bertz CT molecular complexity index is 287. The SMILES string of the molecule is CN(CC1CCCN1)C(=O)C1CCC(=O)N1. The van der Waals surface area contributed by atoms with Gasteiger partial charge in [-0.05, 0) is 25.8 Å². The lowest BCUT2D eigenvalue weighted by Gasteiger charge is -2.24. The van der Waals surface area contributed by atoms with Crippen molar-refractivity contribution in [1.29, 1.82) is 0 Å². The van der Waals surface area contributed by atoms with E-state index < -0.39 is 0 Å². The molecule has 2 heterocycles. The highest BCUT2D eigenvalue weighted by Gasteiger charge is 2.30. The molecule has 2 N–H and O–H groups in total. The molecule has 2 amide bonds. The molecule has 0 aromatic carbocycles. The van der Waals surface area contributed by atoms with E-state index in [1.54, 1.807) is 4.90 Å². The van der Waals surface area contributed by atoms with E-state index in [1.165, 1.54) is 6.42 Å². The van der Waals surface area contributed by atoms with Crippen molar-refractivity contribution in [2.45, 2.75) is 37.8 Å². The third-order valence-electron chi connectivity index (χ3n) is 3.33. The van der Waals surface area contributed by atoms with Gasteiger partial charge in [-0.2, -0.15) is 0 Å². The van der Waals surface area contributed by atoms with Crippen LogP contribution in [0.1, 0.15) is 25.7 Å². The second kappa shape index (κ2) is 4.82. The van der Waals surface area contributed by atoms with Gasteiger partial charge in [0.15, 0.2) is 0 Å². The molecule has 2 saturated heterocycles. The number of rotatable bonds is 3. The summed E-state index contributed by atoms with van der Waals surface area (Å²) in [5.41, 5.74) is 0. The standard InChI is InChI=1S/C11H19N3O2/c1-14(7-8-3-2-6-12-8)11(16)9-4-5-10(15)13-9/h8-9,12H,2-7H2,1H3,(H,13,15). The maximum atomic E-state index is 12.0. The highest BCUT2D eigenvalue weighted by Crippen LogP contribution is 2.11. The predicted molar refractivity (Wildman–Crippen MR) is 59.8 cm³/mol. The lowest BCUT2D eigenvalue weighted by molar-refractivity contribution is -0.133. The van der Waals surface area contributed by atoms with Crippen molar-refractivity contribution in [3.63, 3.8) is 0 Å². The van der Waals surface area contributed by atoms with Crippen LogP contribution in [0.2, 0.25) is 0 Å². The summed E-state index contributed by atoms with van der Waals surface area (Å²) in [6.07, 6.45) is 3.44. The minimum Gasteiger partial charge on any atom is -0.344 e. The van der Waals surface area contributed by atoms with Gasteiger partial charge in [-0.15, -0.1) is 0 Å². The first kappa shape index (κ1) is 11.4. The molecule has 0 saturated carbocycles. The van der Waals surface area contributed by atoms with E-state index in [1.807, 2.05) is 7.05 Å². The van der Waals surface area contributed by atoms with Crippen LogP contribution < -0.4 is 10.6 Å². The minimum absolute atomic E-state index is 0.00857. The van der Waals surface area contributed by atoms with Gasteiger partial charge < -0.3 is 15.5 Å². The maximum absolute atomic E-state index is 12.0. The Kier molecular flexibility index (Phi) is 3.43. The van der Waals surface area contributed by atoms with Gasteiger partial charge in [0.05, 0.1) is 0 Å². The summed E-state index contributed by atoms with van der Waals surface area (Å²) >= 11 is 0. The first-order chi connectivity index (χ1) is 7.66. The van der Waals surface area contributed by atoms with Crippen molar-refractivity contribution in [3.8, 4) is 0 Å². The Morgan fingerprint density at radius 3 is 2.88 bits per heavy atom. The molecule has 16 heavy (non-hydrogen) atoms. The van der Waals surface area contributed by atoms with E-state index in [9.17, 15) is 9.59 Å². The van der Waals surface area contributed by atoms with E-state index >= 15 is 0 Å². The number of carbonyl (C=O) groups excluding carboxylic acids is 2. The summed E-state index contributed by atoms with van der Waals surface area (Å²) in [5, 5.41) is 6.07. The number of amides is 2. The topological polar surface area (TPSA) is 61.4 Å². The van der Waals surface area contributed by atoms with Crippen LogP contribution in [-0.4, -0.2) is 48.9 Å². The van der Waals surface area contributed by atoms with E-state index in [0.717, 1.165) is 19.5 Å². The zero-order chi connectivity index (χ0) is 11.5. The molecular weight excluding hydrogens is 206 g/mol. The number of nitrogens with zero attached hydrogens (tertiary/aromatic N) is 1. The van der Waals surface area contributed by atoms with Crippen LogP contribution in [0.25, 0.3) is 0 Å². The van der Waals surface area contributed by atoms with Crippen molar-refractivity contribution >= 4 is 11.8 Å². The van der Waals surface area contributed by atoms with Crippen LogP contribution in [0.4, 0.5) is 0 Å². The van der Waals surface area contributed by atoms with Gasteiger partial charge in [0, 0.05) is 26.1 Å². The van der Waals surface area contributed by atoms with Gasteiger partial charge >= 0.3 is 0 Å². The van der Waals surface area contributed by atoms with Crippen LogP contribution in [-0.2, 0) is 9.59 Å². The number of hydrogen-bond donors (Lipinski definition) is 2. The van der Waals surface area contributed by atoms with Gasteiger partial charge in [-0.3, -0.25) is 9.59 Å². The molecule has 5 heteroatoms. The third kappa shape index (κ3) is 2.52. The molecule has 2 atom stereocenters. The number of carbonyl (C=O) groups is 2.